The lowest BCUT2D eigenvalue weighted by Crippen LogP contribution is -2.41. The fourth-order valence-corrected chi connectivity index (χ4v) is 0.937. The van der Waals surface area contributed by atoms with Gasteiger partial charge >= 0.3 is 0 Å². The average molecular weight is 256 g/mol. The van der Waals surface area contributed by atoms with E-state index in [1.165, 1.54) is 4.90 Å². The number of nitrogens with one attached hydrogen (secondary N) is 2. The van der Waals surface area contributed by atoms with Crippen LogP contribution in [-0.4, -0.2) is 60.8 Å². The van der Waals surface area contributed by atoms with Crippen molar-refractivity contribution in [3.8, 4) is 0 Å². The van der Waals surface area contributed by atoms with Crippen LogP contribution in [0, 0.1) is 10.8 Å². The number of aliphatic imine (C=N–C) groups is 2. The topological polar surface area (TPSA) is 183 Å². The van der Waals surface area contributed by atoms with E-state index in [1.807, 2.05) is 0 Å². The number of hydrogen-bond acceptors (Lipinski definition) is 2. The molecule has 0 rings (SSSR count). The molecule has 18 heavy (non-hydrogen) atoms. The van der Waals surface area contributed by atoms with Gasteiger partial charge in [-0.3, -0.25) is 10.8 Å². The van der Waals surface area contributed by atoms with E-state index in [1.54, 1.807) is 19.0 Å². The molecule has 10 nitrogen and oxygen atoms in total. The largest absolute Gasteiger partial charge is 0.370 e. The van der Waals surface area contributed by atoms with Crippen molar-refractivity contribution in [2.45, 2.75) is 0 Å². The van der Waals surface area contributed by atoms with Gasteiger partial charge in [0.15, 0.2) is 11.9 Å². The SMILES string of the molecule is CN(CCN(C)C(N)=NC(=N)N)C(=N)N=C(N)N. The van der Waals surface area contributed by atoms with Crippen LogP contribution < -0.4 is 22.9 Å². The maximum Gasteiger partial charge on any atom is 0.220 e. The van der Waals surface area contributed by atoms with E-state index in [9.17, 15) is 0 Å². The number of guanidine groups is 4. The third-order valence-corrected chi connectivity index (χ3v) is 1.99. The third-order valence-electron chi connectivity index (χ3n) is 1.99. The molecule has 10 N–H and O–H groups in total. The van der Waals surface area contributed by atoms with Crippen LogP contribution >= 0.6 is 0 Å². The molecule has 0 aliphatic carbocycles. The maximum absolute atomic E-state index is 7.53. The molecule has 0 radical (unpaired) electrons. The zero-order valence-corrected chi connectivity index (χ0v) is 10.5. The van der Waals surface area contributed by atoms with Crippen molar-refractivity contribution in [2.24, 2.45) is 32.9 Å². The van der Waals surface area contributed by atoms with Crippen LogP contribution in [-0.2, 0) is 0 Å². The standard InChI is InChI=1S/C8H20N10/c1-17(7(13)15-5(9)10)3-4-18(2)8(14)16-6(11)12/h3-4H2,1-2H3,(H5,9,10,13,15)(H5,11,12,14,16). The number of nitrogens with two attached hydrogens (primary N) is 4. The Balaban J connectivity index is 4.29. The summed E-state index contributed by atoms with van der Waals surface area (Å²) in [4.78, 5) is 10.3. The lowest BCUT2D eigenvalue weighted by Gasteiger charge is -2.22. The maximum atomic E-state index is 7.53. The van der Waals surface area contributed by atoms with Crippen molar-refractivity contribution in [1.29, 1.82) is 10.8 Å². The summed E-state index contributed by atoms with van der Waals surface area (Å²) in [5, 5.41) is 14.5. The molecule has 0 aliphatic rings. The highest BCUT2D eigenvalue weighted by atomic mass is 15.3. The Hall–Kier alpha value is -2.52. The molecular weight excluding hydrogens is 236 g/mol. The highest BCUT2D eigenvalue weighted by Crippen LogP contribution is 1.90. The first-order chi connectivity index (χ1) is 8.23. The minimum atomic E-state index is -0.360. The molecule has 0 saturated heterocycles. The predicted molar refractivity (Wildman–Crippen MR) is 72.3 cm³/mol. The van der Waals surface area contributed by atoms with Crippen LogP contribution in [0.3, 0.4) is 0 Å². The van der Waals surface area contributed by atoms with Crippen LogP contribution in [0.25, 0.3) is 0 Å². The van der Waals surface area contributed by atoms with Gasteiger partial charge in [-0.2, -0.15) is 9.98 Å². The van der Waals surface area contributed by atoms with Gasteiger partial charge < -0.3 is 32.7 Å². The van der Waals surface area contributed by atoms with Crippen molar-refractivity contribution < 1.29 is 0 Å². The predicted octanol–water partition coefficient (Wildman–Crippen LogP) is -2.73. The highest BCUT2D eigenvalue weighted by molar-refractivity contribution is 5.92. The fourth-order valence-electron chi connectivity index (χ4n) is 0.937. The minimum absolute atomic E-state index is 0.0505. The second kappa shape index (κ2) is 6.93. The van der Waals surface area contributed by atoms with Crippen LogP contribution in [0.2, 0.25) is 0 Å². The highest BCUT2D eigenvalue weighted by Gasteiger charge is 2.07. The monoisotopic (exact) mass is 256 g/mol. The van der Waals surface area contributed by atoms with Gasteiger partial charge in [0.1, 0.15) is 0 Å². The summed E-state index contributed by atoms with van der Waals surface area (Å²) in [6, 6.07) is 0. The summed E-state index contributed by atoms with van der Waals surface area (Å²) in [7, 11) is 3.36. The Morgan fingerprint density at radius 1 is 0.944 bits per heavy atom. The lowest BCUT2D eigenvalue weighted by molar-refractivity contribution is 0.405. The van der Waals surface area contributed by atoms with E-state index < -0.39 is 0 Å². The normalized spacial score (nSPS) is 10.7. The Morgan fingerprint density at radius 3 is 1.89 bits per heavy atom. The van der Waals surface area contributed by atoms with Crippen molar-refractivity contribution >= 4 is 23.8 Å². The summed E-state index contributed by atoms with van der Waals surface area (Å²) in [6.45, 7) is 0.932. The van der Waals surface area contributed by atoms with Crippen molar-refractivity contribution in [3.63, 3.8) is 0 Å². The van der Waals surface area contributed by atoms with Gasteiger partial charge in [-0.05, 0) is 0 Å². The van der Waals surface area contributed by atoms with Gasteiger partial charge in [0.25, 0.3) is 0 Å². The average Bonchev–Trinajstić information content (AvgIpc) is 2.23. The van der Waals surface area contributed by atoms with Crippen LogP contribution in [0.1, 0.15) is 0 Å². The van der Waals surface area contributed by atoms with Crippen molar-refractivity contribution in [3.05, 3.63) is 0 Å². The summed E-state index contributed by atoms with van der Waals surface area (Å²) >= 11 is 0. The van der Waals surface area contributed by atoms with Gasteiger partial charge in [-0.15, -0.1) is 0 Å². The van der Waals surface area contributed by atoms with E-state index in [0.717, 1.165) is 0 Å². The third kappa shape index (κ3) is 6.15. The molecule has 0 bridgehead atoms. The second-order valence-corrected chi connectivity index (χ2v) is 3.56. The zero-order valence-electron chi connectivity index (χ0n) is 10.5. The second-order valence-electron chi connectivity index (χ2n) is 3.56. The Morgan fingerprint density at radius 2 is 1.44 bits per heavy atom. The molecule has 0 aromatic rings. The molecule has 0 aromatic heterocycles. The molecule has 0 aromatic carbocycles. The lowest BCUT2D eigenvalue weighted by atomic mass is 10.5. The van der Waals surface area contributed by atoms with Gasteiger partial charge in [-0.1, -0.05) is 0 Å². The number of rotatable bonds is 3. The summed E-state index contributed by atoms with van der Waals surface area (Å²) in [5.41, 5.74) is 21.0. The minimum Gasteiger partial charge on any atom is -0.370 e. The van der Waals surface area contributed by atoms with Crippen molar-refractivity contribution in [2.75, 3.05) is 27.2 Å². The molecule has 0 aliphatic heterocycles. The van der Waals surface area contributed by atoms with Crippen LogP contribution in [0.15, 0.2) is 9.98 Å². The molecule has 10 heteroatoms. The molecule has 0 atom stereocenters. The molecule has 0 fully saturated rings. The molecule has 0 heterocycles. The summed E-state index contributed by atoms with van der Waals surface area (Å²) in [5.74, 6) is -0.450. The van der Waals surface area contributed by atoms with Crippen LogP contribution in [0.5, 0.6) is 0 Å². The van der Waals surface area contributed by atoms with Gasteiger partial charge in [0.05, 0.1) is 0 Å². The van der Waals surface area contributed by atoms with E-state index in [2.05, 4.69) is 9.98 Å². The van der Waals surface area contributed by atoms with Gasteiger partial charge in [0.2, 0.25) is 11.9 Å². The van der Waals surface area contributed by atoms with E-state index in [-0.39, 0.29) is 23.8 Å². The Kier molecular flexibility index (Phi) is 5.96. The summed E-state index contributed by atoms with van der Waals surface area (Å²) in [6.07, 6.45) is 0. The molecule has 0 spiro atoms. The van der Waals surface area contributed by atoms with E-state index in [0.29, 0.717) is 13.1 Å². The number of hydrogen-bond donors (Lipinski definition) is 6. The number of nitrogens with zero attached hydrogens (tertiary/aromatic N) is 4. The molecule has 102 valence electrons. The quantitative estimate of drug-likeness (QED) is 0.235. The smallest absolute Gasteiger partial charge is 0.220 e. The van der Waals surface area contributed by atoms with Gasteiger partial charge in [0, 0.05) is 27.2 Å². The molecule has 0 saturated carbocycles. The van der Waals surface area contributed by atoms with Crippen LogP contribution in [0.4, 0.5) is 0 Å². The first-order valence-electron chi connectivity index (χ1n) is 5.02. The van der Waals surface area contributed by atoms with E-state index >= 15 is 0 Å². The first kappa shape index (κ1) is 15.5. The first-order valence-corrected chi connectivity index (χ1v) is 5.02. The Bertz CT molecular complexity index is 366. The fraction of sp³-hybridized carbons (Fsp3) is 0.500. The molecule has 0 amide bonds. The summed E-state index contributed by atoms with van der Waals surface area (Å²) < 4.78 is 0. The van der Waals surface area contributed by atoms with E-state index in [4.69, 9.17) is 33.8 Å². The molecule has 0 unspecified atom stereocenters. The molecular formula is C8H20N10. The Labute approximate surface area is 105 Å². The number of likely N-dealkylation sites (N-methyl/N-ethyl adjacent to an activating group) is 2. The van der Waals surface area contributed by atoms with Crippen molar-refractivity contribution in [1.82, 2.24) is 9.80 Å². The zero-order chi connectivity index (χ0) is 14.3. The van der Waals surface area contributed by atoms with Gasteiger partial charge in [-0.25, -0.2) is 0 Å².